The van der Waals surface area contributed by atoms with Gasteiger partial charge in [0.1, 0.15) is 0 Å². The number of halogens is 5. The molecule has 3 aromatic rings. The Balaban J connectivity index is 1.75. The van der Waals surface area contributed by atoms with Crippen LogP contribution in [0.3, 0.4) is 0 Å². The third kappa shape index (κ3) is 7.53. The van der Waals surface area contributed by atoms with Crippen LogP contribution in [0, 0.1) is 6.92 Å². The van der Waals surface area contributed by atoms with Crippen LogP contribution in [0.4, 0.5) is 39.8 Å². The van der Waals surface area contributed by atoms with Gasteiger partial charge >= 0.3 is 18.2 Å². The second kappa shape index (κ2) is 11.3. The van der Waals surface area contributed by atoms with Crippen LogP contribution >= 0.6 is 23.2 Å². The minimum absolute atomic E-state index is 0.00159. The first-order valence-corrected chi connectivity index (χ1v) is 11.1. The van der Waals surface area contributed by atoms with E-state index in [0.717, 1.165) is 22.6 Å². The normalized spacial score (nSPS) is 11.0. The van der Waals surface area contributed by atoms with Gasteiger partial charge in [0.2, 0.25) is 0 Å². The maximum atomic E-state index is 13.2. The number of carbonyl (C=O) groups is 2. The monoisotopic (exact) mass is 524 g/mol. The van der Waals surface area contributed by atoms with Crippen molar-refractivity contribution in [3.8, 4) is 0 Å². The molecular formula is C24H21Cl2F3N4O2. The quantitative estimate of drug-likeness (QED) is 0.319. The van der Waals surface area contributed by atoms with E-state index in [1.165, 1.54) is 30.3 Å². The maximum absolute atomic E-state index is 13.2. The zero-order chi connectivity index (χ0) is 25.6. The lowest BCUT2D eigenvalue weighted by molar-refractivity contribution is -0.137. The first kappa shape index (κ1) is 26.2. The smallest absolute Gasteiger partial charge is 0.336 e. The summed E-state index contributed by atoms with van der Waals surface area (Å²) >= 11 is 11.9. The second-order valence-electron chi connectivity index (χ2n) is 7.51. The Hall–Kier alpha value is -3.43. The van der Waals surface area contributed by atoms with Crippen LogP contribution in [0.1, 0.15) is 11.1 Å². The van der Waals surface area contributed by atoms with Crippen LogP contribution in [-0.2, 0) is 6.18 Å². The number of rotatable bonds is 6. The molecule has 0 atom stereocenters. The van der Waals surface area contributed by atoms with Crippen LogP contribution in [0.5, 0.6) is 0 Å². The van der Waals surface area contributed by atoms with Gasteiger partial charge in [-0.1, -0.05) is 41.4 Å². The van der Waals surface area contributed by atoms with E-state index >= 15 is 0 Å². The Labute approximate surface area is 210 Å². The van der Waals surface area contributed by atoms with E-state index < -0.39 is 23.8 Å². The van der Waals surface area contributed by atoms with Gasteiger partial charge in [-0.05, 0) is 61.0 Å². The molecule has 0 aromatic heterocycles. The van der Waals surface area contributed by atoms with E-state index in [2.05, 4.69) is 16.0 Å². The molecule has 4 amide bonds. The van der Waals surface area contributed by atoms with Gasteiger partial charge in [-0.3, -0.25) is 4.90 Å². The summed E-state index contributed by atoms with van der Waals surface area (Å²) in [6.45, 7) is 1.72. The van der Waals surface area contributed by atoms with Crippen molar-refractivity contribution in [3.05, 3.63) is 87.9 Å². The number of amides is 4. The number of urea groups is 2. The molecule has 6 nitrogen and oxygen atoms in total. The molecule has 0 spiro atoms. The lowest BCUT2D eigenvalue weighted by atomic mass is 10.2. The molecule has 0 aliphatic rings. The summed E-state index contributed by atoms with van der Waals surface area (Å²) in [5.74, 6) is 0. The standard InChI is InChI=1S/C24H21Cl2F3N4O2/c1-15-4-2-6-17(12-15)31-22(34)30-10-11-33(19-7-3-5-16(13-19)24(27,28)29)23(35)32-18-8-9-20(25)21(26)14-18/h2-9,12-14H,10-11H2,1H3,(H,32,35)(H2,30,31,34). The molecule has 184 valence electrons. The van der Waals surface area contributed by atoms with Gasteiger partial charge in [-0.15, -0.1) is 0 Å². The largest absolute Gasteiger partial charge is 0.416 e. The highest BCUT2D eigenvalue weighted by Gasteiger charge is 2.31. The van der Waals surface area contributed by atoms with Gasteiger partial charge in [0.05, 0.1) is 15.6 Å². The summed E-state index contributed by atoms with van der Waals surface area (Å²) in [4.78, 5) is 26.3. The van der Waals surface area contributed by atoms with Crippen molar-refractivity contribution in [2.75, 3.05) is 28.6 Å². The molecule has 0 radical (unpaired) electrons. The Bertz CT molecular complexity index is 1220. The van der Waals surface area contributed by atoms with Crippen molar-refractivity contribution in [2.24, 2.45) is 0 Å². The third-order valence-corrected chi connectivity index (χ3v) is 5.54. The van der Waals surface area contributed by atoms with Crippen molar-refractivity contribution in [1.29, 1.82) is 0 Å². The highest BCUT2D eigenvalue weighted by Crippen LogP contribution is 2.32. The number of alkyl halides is 3. The topological polar surface area (TPSA) is 73.5 Å². The number of hydrogen-bond acceptors (Lipinski definition) is 2. The SMILES string of the molecule is Cc1cccc(NC(=O)NCCN(C(=O)Nc2ccc(Cl)c(Cl)c2)c2cccc(C(F)(F)F)c2)c1. The molecule has 0 aliphatic carbocycles. The van der Waals surface area contributed by atoms with Crippen LogP contribution < -0.4 is 20.9 Å². The van der Waals surface area contributed by atoms with Gasteiger partial charge in [0, 0.05) is 30.2 Å². The van der Waals surface area contributed by atoms with Gasteiger partial charge < -0.3 is 16.0 Å². The van der Waals surface area contributed by atoms with E-state index in [1.54, 1.807) is 18.2 Å². The molecule has 11 heteroatoms. The van der Waals surface area contributed by atoms with Crippen molar-refractivity contribution < 1.29 is 22.8 Å². The summed E-state index contributed by atoms with van der Waals surface area (Å²) in [5, 5.41) is 8.32. The van der Waals surface area contributed by atoms with Crippen molar-refractivity contribution in [2.45, 2.75) is 13.1 Å². The Morgan fingerprint density at radius 1 is 0.886 bits per heavy atom. The molecule has 35 heavy (non-hydrogen) atoms. The molecule has 0 aliphatic heterocycles. The second-order valence-corrected chi connectivity index (χ2v) is 8.32. The van der Waals surface area contributed by atoms with E-state index in [4.69, 9.17) is 23.2 Å². The lowest BCUT2D eigenvalue weighted by Gasteiger charge is -2.24. The van der Waals surface area contributed by atoms with E-state index in [1.807, 2.05) is 13.0 Å². The van der Waals surface area contributed by atoms with Gasteiger partial charge in [-0.2, -0.15) is 13.2 Å². The van der Waals surface area contributed by atoms with Crippen molar-refractivity contribution in [3.63, 3.8) is 0 Å². The highest BCUT2D eigenvalue weighted by molar-refractivity contribution is 6.42. The van der Waals surface area contributed by atoms with Gasteiger partial charge in [0.25, 0.3) is 0 Å². The predicted octanol–water partition coefficient (Wildman–Crippen LogP) is 7.18. The molecular weight excluding hydrogens is 504 g/mol. The van der Waals surface area contributed by atoms with E-state index in [9.17, 15) is 22.8 Å². The van der Waals surface area contributed by atoms with Gasteiger partial charge in [-0.25, -0.2) is 9.59 Å². The summed E-state index contributed by atoms with van der Waals surface area (Å²) in [6.07, 6.45) is -4.59. The number of nitrogens with zero attached hydrogens (tertiary/aromatic N) is 1. The molecule has 0 unspecified atom stereocenters. The van der Waals surface area contributed by atoms with E-state index in [0.29, 0.717) is 11.4 Å². The van der Waals surface area contributed by atoms with E-state index in [-0.39, 0.29) is 28.8 Å². The maximum Gasteiger partial charge on any atom is 0.416 e. The zero-order valence-corrected chi connectivity index (χ0v) is 19.9. The summed E-state index contributed by atoms with van der Waals surface area (Å²) < 4.78 is 39.7. The number of aryl methyl sites for hydroxylation is 1. The molecule has 0 saturated heterocycles. The van der Waals surface area contributed by atoms with Crippen LogP contribution in [0.2, 0.25) is 10.0 Å². The Kier molecular flexibility index (Phi) is 8.48. The molecule has 0 heterocycles. The minimum atomic E-state index is -4.59. The molecule has 3 N–H and O–H groups in total. The number of benzene rings is 3. The number of carbonyl (C=O) groups excluding carboxylic acids is 2. The molecule has 0 saturated carbocycles. The molecule has 0 fully saturated rings. The molecule has 0 bridgehead atoms. The minimum Gasteiger partial charge on any atom is -0.336 e. The highest BCUT2D eigenvalue weighted by atomic mass is 35.5. The predicted molar refractivity (Wildman–Crippen MR) is 132 cm³/mol. The fraction of sp³-hybridized carbons (Fsp3) is 0.167. The first-order valence-electron chi connectivity index (χ1n) is 10.4. The number of hydrogen-bond donors (Lipinski definition) is 3. The first-order chi connectivity index (χ1) is 16.5. The van der Waals surface area contributed by atoms with Crippen LogP contribution in [0.25, 0.3) is 0 Å². The number of nitrogens with one attached hydrogen (secondary N) is 3. The average molecular weight is 525 g/mol. The lowest BCUT2D eigenvalue weighted by Crippen LogP contribution is -2.42. The Morgan fingerprint density at radius 3 is 2.29 bits per heavy atom. The fourth-order valence-electron chi connectivity index (χ4n) is 3.14. The Morgan fingerprint density at radius 2 is 1.60 bits per heavy atom. The third-order valence-electron chi connectivity index (χ3n) is 4.80. The summed E-state index contributed by atoms with van der Waals surface area (Å²) in [6, 6.07) is 14.7. The molecule has 3 rings (SSSR count). The molecule has 3 aromatic carbocycles. The zero-order valence-electron chi connectivity index (χ0n) is 18.4. The van der Waals surface area contributed by atoms with Crippen molar-refractivity contribution in [1.82, 2.24) is 5.32 Å². The van der Waals surface area contributed by atoms with Crippen LogP contribution in [-0.4, -0.2) is 25.2 Å². The fourth-order valence-corrected chi connectivity index (χ4v) is 3.44. The van der Waals surface area contributed by atoms with Crippen molar-refractivity contribution >= 4 is 52.3 Å². The number of anilines is 3. The van der Waals surface area contributed by atoms with Gasteiger partial charge in [0.15, 0.2) is 0 Å². The summed E-state index contributed by atoms with van der Waals surface area (Å²) in [7, 11) is 0. The van der Waals surface area contributed by atoms with Crippen LogP contribution in [0.15, 0.2) is 66.7 Å². The summed E-state index contributed by atoms with van der Waals surface area (Å²) in [5.41, 5.74) is 0.921. The average Bonchev–Trinajstić information content (AvgIpc) is 2.78.